The fourth-order valence-electron chi connectivity index (χ4n) is 2.54. The summed E-state index contributed by atoms with van der Waals surface area (Å²) in [7, 11) is 0. The Labute approximate surface area is 122 Å². The van der Waals surface area contributed by atoms with Crippen molar-refractivity contribution < 1.29 is 29.3 Å². The Morgan fingerprint density at radius 1 is 1.48 bits per heavy atom. The van der Waals surface area contributed by atoms with Crippen molar-refractivity contribution in [2.24, 2.45) is 5.92 Å². The van der Waals surface area contributed by atoms with Gasteiger partial charge in [-0.1, -0.05) is 19.1 Å². The van der Waals surface area contributed by atoms with Gasteiger partial charge in [0.25, 0.3) is 0 Å². The Morgan fingerprint density at radius 3 is 2.71 bits per heavy atom. The summed E-state index contributed by atoms with van der Waals surface area (Å²) in [6.07, 6.45) is -1.13. The van der Waals surface area contributed by atoms with Crippen LogP contribution in [0.2, 0.25) is 0 Å². The minimum atomic E-state index is -1.13. The second-order valence-electron chi connectivity index (χ2n) is 5.29. The number of fused-ring (bicyclic) bond motifs is 1. The molecule has 1 aromatic rings. The third-order valence-electron chi connectivity index (χ3n) is 3.68. The fraction of sp³-hybridized carbons (Fsp3) is 0.467. The summed E-state index contributed by atoms with van der Waals surface area (Å²) in [6, 6.07) is 3.40. The third kappa shape index (κ3) is 2.71. The molecule has 0 saturated carbocycles. The molecule has 1 aromatic carbocycles. The molecule has 0 spiro atoms. The molecule has 3 atom stereocenters. The minimum Gasteiger partial charge on any atom is -0.504 e. The molecular weight excluding hydrogens is 276 g/mol. The first-order chi connectivity index (χ1) is 9.86. The van der Waals surface area contributed by atoms with Gasteiger partial charge in [0.05, 0.1) is 0 Å². The number of phenols is 1. The molecular formula is C15H18O6. The largest absolute Gasteiger partial charge is 0.504 e. The van der Waals surface area contributed by atoms with Crippen LogP contribution < -0.4 is 4.74 Å². The molecule has 0 aliphatic carbocycles. The normalized spacial score (nSPS) is 22.2. The first kappa shape index (κ1) is 15.3. The second-order valence-corrected chi connectivity index (χ2v) is 5.29. The standard InChI is InChI=1S/C15H18O6/c1-7-4-5-10-11(8(2)6-16)14(20-9(3)17)15(19)21-13(10)12(7)18/h4-5,8,11,14,16,18H,6H2,1-3H3/t8-,11?,14+/m1/s1. The van der Waals surface area contributed by atoms with Crippen molar-refractivity contribution in [2.75, 3.05) is 6.61 Å². The number of hydrogen-bond donors (Lipinski definition) is 2. The molecule has 0 bridgehead atoms. The number of carbonyl (C=O) groups is 2. The van der Waals surface area contributed by atoms with Gasteiger partial charge >= 0.3 is 11.9 Å². The first-order valence-electron chi connectivity index (χ1n) is 6.69. The van der Waals surface area contributed by atoms with E-state index in [0.717, 1.165) is 0 Å². The van der Waals surface area contributed by atoms with Gasteiger partial charge in [-0.3, -0.25) is 4.79 Å². The zero-order valence-corrected chi connectivity index (χ0v) is 12.1. The van der Waals surface area contributed by atoms with Gasteiger partial charge in [0, 0.05) is 25.0 Å². The quantitative estimate of drug-likeness (QED) is 0.644. The summed E-state index contributed by atoms with van der Waals surface area (Å²) in [6.45, 7) is 4.44. The lowest BCUT2D eigenvalue weighted by Crippen LogP contribution is -2.42. The molecule has 6 nitrogen and oxygen atoms in total. The van der Waals surface area contributed by atoms with E-state index in [0.29, 0.717) is 11.1 Å². The maximum atomic E-state index is 12.1. The number of ether oxygens (including phenoxy) is 2. The van der Waals surface area contributed by atoms with Crippen LogP contribution in [-0.4, -0.2) is 34.9 Å². The average Bonchev–Trinajstić information content (AvgIpc) is 2.43. The van der Waals surface area contributed by atoms with Gasteiger partial charge in [0.2, 0.25) is 6.10 Å². The van der Waals surface area contributed by atoms with Crippen molar-refractivity contribution in [1.82, 2.24) is 0 Å². The van der Waals surface area contributed by atoms with Crippen LogP contribution in [0, 0.1) is 12.8 Å². The van der Waals surface area contributed by atoms with Crippen LogP contribution in [0.3, 0.4) is 0 Å². The molecule has 0 aromatic heterocycles. The van der Waals surface area contributed by atoms with Gasteiger partial charge in [-0.15, -0.1) is 0 Å². The van der Waals surface area contributed by atoms with Gasteiger partial charge in [-0.05, 0) is 18.4 Å². The van der Waals surface area contributed by atoms with E-state index in [1.165, 1.54) is 6.92 Å². The zero-order chi connectivity index (χ0) is 15.7. The molecule has 6 heteroatoms. The maximum Gasteiger partial charge on any atom is 0.353 e. The summed E-state index contributed by atoms with van der Waals surface area (Å²) < 4.78 is 10.2. The summed E-state index contributed by atoms with van der Waals surface area (Å²) in [5.74, 6) is -2.30. The second kappa shape index (κ2) is 5.73. The summed E-state index contributed by atoms with van der Waals surface area (Å²) >= 11 is 0. The number of aromatic hydroxyl groups is 1. The molecule has 1 heterocycles. The Bertz CT molecular complexity index is 580. The zero-order valence-electron chi connectivity index (χ0n) is 12.1. The molecule has 0 amide bonds. The molecule has 0 radical (unpaired) electrons. The van der Waals surface area contributed by atoms with Crippen LogP contribution in [0.1, 0.15) is 30.9 Å². The highest BCUT2D eigenvalue weighted by Gasteiger charge is 2.44. The third-order valence-corrected chi connectivity index (χ3v) is 3.68. The van der Waals surface area contributed by atoms with E-state index in [4.69, 9.17) is 9.47 Å². The Kier molecular flexibility index (Phi) is 4.18. The van der Waals surface area contributed by atoms with E-state index in [9.17, 15) is 19.8 Å². The lowest BCUT2D eigenvalue weighted by atomic mass is 9.80. The number of phenolic OH excluding ortho intramolecular Hbond substituents is 1. The van der Waals surface area contributed by atoms with Gasteiger partial charge < -0.3 is 19.7 Å². The van der Waals surface area contributed by atoms with Gasteiger partial charge in [-0.25, -0.2) is 4.79 Å². The number of rotatable bonds is 3. The first-order valence-corrected chi connectivity index (χ1v) is 6.69. The van der Waals surface area contributed by atoms with Crippen molar-refractivity contribution in [3.05, 3.63) is 23.3 Å². The fourth-order valence-corrected chi connectivity index (χ4v) is 2.54. The molecule has 1 aliphatic rings. The number of hydrogen-bond acceptors (Lipinski definition) is 6. The van der Waals surface area contributed by atoms with Crippen molar-refractivity contribution >= 4 is 11.9 Å². The van der Waals surface area contributed by atoms with E-state index >= 15 is 0 Å². The molecule has 2 N–H and O–H groups in total. The van der Waals surface area contributed by atoms with Crippen molar-refractivity contribution in [2.45, 2.75) is 32.8 Å². The van der Waals surface area contributed by atoms with Crippen LogP contribution in [0.4, 0.5) is 0 Å². The average molecular weight is 294 g/mol. The number of aryl methyl sites for hydroxylation is 1. The lowest BCUT2D eigenvalue weighted by Gasteiger charge is -2.34. The SMILES string of the molecule is CC(=O)O[C@@H]1C(=O)Oc2c(ccc(C)c2O)C1[C@H](C)CO. The summed E-state index contributed by atoms with van der Waals surface area (Å²) in [5, 5.41) is 19.5. The number of aliphatic hydroxyl groups is 1. The van der Waals surface area contributed by atoms with Crippen molar-refractivity contribution in [3.8, 4) is 11.5 Å². The highest BCUT2D eigenvalue weighted by atomic mass is 16.6. The van der Waals surface area contributed by atoms with Crippen LogP contribution in [0.15, 0.2) is 12.1 Å². The van der Waals surface area contributed by atoms with Crippen molar-refractivity contribution in [1.29, 1.82) is 0 Å². The summed E-state index contributed by atoms with van der Waals surface area (Å²) in [4.78, 5) is 23.3. The Morgan fingerprint density at radius 2 is 2.14 bits per heavy atom. The van der Waals surface area contributed by atoms with E-state index in [-0.39, 0.29) is 24.0 Å². The predicted molar refractivity (Wildman–Crippen MR) is 73.0 cm³/mol. The number of aliphatic hydroxyl groups excluding tert-OH is 1. The van der Waals surface area contributed by atoms with Crippen LogP contribution >= 0.6 is 0 Å². The lowest BCUT2D eigenvalue weighted by molar-refractivity contribution is -0.165. The number of benzene rings is 1. The van der Waals surface area contributed by atoms with Crippen LogP contribution in [-0.2, 0) is 14.3 Å². The molecule has 1 unspecified atom stereocenters. The number of carbonyl (C=O) groups excluding carboxylic acids is 2. The molecule has 21 heavy (non-hydrogen) atoms. The molecule has 0 saturated heterocycles. The predicted octanol–water partition coefficient (Wildman–Crippen LogP) is 1.26. The van der Waals surface area contributed by atoms with E-state index in [1.54, 1.807) is 26.0 Å². The van der Waals surface area contributed by atoms with Crippen LogP contribution in [0.25, 0.3) is 0 Å². The monoisotopic (exact) mass is 294 g/mol. The molecule has 1 aliphatic heterocycles. The number of esters is 2. The molecule has 114 valence electrons. The van der Waals surface area contributed by atoms with Crippen LogP contribution in [0.5, 0.6) is 11.5 Å². The molecule has 2 rings (SSSR count). The highest BCUT2D eigenvalue weighted by molar-refractivity contribution is 5.85. The molecule has 0 fully saturated rings. The Balaban J connectivity index is 2.55. The highest BCUT2D eigenvalue weighted by Crippen LogP contribution is 2.45. The smallest absolute Gasteiger partial charge is 0.353 e. The topological polar surface area (TPSA) is 93.1 Å². The maximum absolute atomic E-state index is 12.1. The van der Waals surface area contributed by atoms with Gasteiger partial charge in [-0.2, -0.15) is 0 Å². The van der Waals surface area contributed by atoms with E-state index in [1.807, 2.05) is 0 Å². The van der Waals surface area contributed by atoms with Gasteiger partial charge in [0.15, 0.2) is 11.5 Å². The minimum absolute atomic E-state index is 0.0775. The van der Waals surface area contributed by atoms with Crippen molar-refractivity contribution in [3.63, 3.8) is 0 Å². The Hall–Kier alpha value is -2.08. The van der Waals surface area contributed by atoms with E-state index in [2.05, 4.69) is 0 Å². The van der Waals surface area contributed by atoms with Gasteiger partial charge in [0.1, 0.15) is 0 Å². The summed E-state index contributed by atoms with van der Waals surface area (Å²) in [5.41, 5.74) is 1.12. The van der Waals surface area contributed by atoms with E-state index < -0.39 is 24.0 Å².